The van der Waals surface area contributed by atoms with Gasteiger partial charge in [-0.2, -0.15) is 0 Å². The molecule has 0 fully saturated rings. The van der Waals surface area contributed by atoms with Gasteiger partial charge in [0.05, 0.1) is 18.3 Å². The Labute approximate surface area is 75.7 Å². The van der Waals surface area contributed by atoms with E-state index in [9.17, 15) is 8.76 Å². The van der Waals surface area contributed by atoms with Crippen molar-refractivity contribution in [2.45, 2.75) is 5.75 Å². The van der Waals surface area contributed by atoms with Crippen molar-refractivity contribution >= 4 is 22.2 Å². The van der Waals surface area contributed by atoms with Gasteiger partial charge in [0.2, 0.25) is 0 Å². The lowest BCUT2D eigenvalue weighted by atomic mass is 10.5. The van der Waals surface area contributed by atoms with E-state index in [0.717, 1.165) is 0 Å². The number of nitrogens with zero attached hydrogens (tertiary/aromatic N) is 3. The Morgan fingerprint density at radius 3 is 3.15 bits per heavy atom. The minimum absolute atomic E-state index is 0.178. The minimum Gasteiger partial charge on any atom is -0.772 e. The van der Waals surface area contributed by atoms with Crippen LogP contribution in [-0.2, 0) is 16.8 Å². The summed E-state index contributed by atoms with van der Waals surface area (Å²) in [5, 5.41) is 0. The van der Waals surface area contributed by atoms with Crippen molar-refractivity contribution in [3.8, 4) is 0 Å². The number of imidazole rings is 1. The normalized spacial score (nSPS) is 13.3. The highest BCUT2D eigenvalue weighted by atomic mass is 32.2. The van der Waals surface area contributed by atoms with E-state index in [4.69, 9.17) is 0 Å². The summed E-state index contributed by atoms with van der Waals surface area (Å²) in [4.78, 5) is 14.5. The number of fused-ring (bicyclic) bond motifs is 1. The van der Waals surface area contributed by atoms with E-state index in [1.54, 1.807) is 0 Å². The molecule has 13 heavy (non-hydrogen) atoms. The van der Waals surface area contributed by atoms with Crippen molar-refractivity contribution in [2.24, 2.45) is 0 Å². The molecule has 1 atom stereocenters. The van der Waals surface area contributed by atoms with E-state index < -0.39 is 11.1 Å². The van der Waals surface area contributed by atoms with Crippen molar-refractivity contribution in [3.63, 3.8) is 0 Å². The summed E-state index contributed by atoms with van der Waals surface area (Å²) in [5.41, 5.74) is 1.18. The minimum atomic E-state index is -2.16. The Balaban J connectivity index is 2.42. The Bertz CT molecular complexity index is 455. The summed E-state index contributed by atoms with van der Waals surface area (Å²) in [7, 11) is 0. The van der Waals surface area contributed by atoms with E-state index in [2.05, 4.69) is 19.9 Å². The monoisotopic (exact) mass is 197 g/mol. The van der Waals surface area contributed by atoms with Crippen molar-refractivity contribution in [2.75, 3.05) is 0 Å². The van der Waals surface area contributed by atoms with Gasteiger partial charge in [0.1, 0.15) is 11.3 Å². The first-order chi connectivity index (χ1) is 6.25. The molecule has 1 N–H and O–H groups in total. The fraction of sp³-hybridized carbons (Fsp3) is 0.167. The third-order valence-corrected chi connectivity index (χ3v) is 1.97. The molecule has 2 rings (SSSR count). The van der Waals surface area contributed by atoms with Crippen LogP contribution in [-0.4, -0.2) is 28.7 Å². The predicted molar refractivity (Wildman–Crippen MR) is 44.3 cm³/mol. The molecule has 0 amide bonds. The van der Waals surface area contributed by atoms with Gasteiger partial charge in [-0.1, -0.05) is 0 Å². The van der Waals surface area contributed by atoms with Crippen molar-refractivity contribution in [3.05, 3.63) is 18.3 Å². The second-order valence-electron chi connectivity index (χ2n) is 2.37. The number of hydrogen-bond donors (Lipinski definition) is 1. The maximum atomic E-state index is 10.3. The fourth-order valence-electron chi connectivity index (χ4n) is 0.946. The first-order valence-electron chi connectivity index (χ1n) is 3.46. The molecule has 2 heterocycles. The topological polar surface area (TPSA) is 94.6 Å². The lowest BCUT2D eigenvalue weighted by Gasteiger charge is -2.01. The molecule has 0 radical (unpaired) electrons. The molecule has 0 aliphatic rings. The van der Waals surface area contributed by atoms with Gasteiger partial charge in [-0.15, -0.1) is 0 Å². The number of H-pyrrole nitrogens is 1. The molecule has 6 nitrogen and oxygen atoms in total. The van der Waals surface area contributed by atoms with Crippen molar-refractivity contribution < 1.29 is 8.76 Å². The largest absolute Gasteiger partial charge is 0.772 e. The molecule has 0 spiro atoms. The highest BCUT2D eigenvalue weighted by molar-refractivity contribution is 7.78. The Hall–Kier alpha value is -1.34. The molecule has 68 valence electrons. The van der Waals surface area contributed by atoms with Gasteiger partial charge in [0, 0.05) is 0 Å². The third-order valence-electron chi connectivity index (χ3n) is 1.47. The standard InChI is InChI=1S/C6H6N4O2S/c11-13(12)2-5-7-1-4-6(10-5)9-3-8-4/h1,3H,2H2,(H,11,12)(H,7,8,9,10)/p-1. The SMILES string of the molecule is O=S([O-])Cc1ncc2[nH]cnc2n1. The maximum absolute atomic E-state index is 10.3. The van der Waals surface area contributed by atoms with Crippen LogP contribution in [0, 0.1) is 0 Å². The lowest BCUT2D eigenvalue weighted by Crippen LogP contribution is -1.99. The average Bonchev–Trinajstić information content (AvgIpc) is 2.49. The van der Waals surface area contributed by atoms with Gasteiger partial charge in [-0.25, -0.2) is 15.0 Å². The number of aromatic nitrogens is 4. The van der Waals surface area contributed by atoms with Gasteiger partial charge >= 0.3 is 0 Å². The number of rotatable bonds is 2. The first kappa shape index (κ1) is 8.27. The Morgan fingerprint density at radius 1 is 1.54 bits per heavy atom. The summed E-state index contributed by atoms with van der Waals surface area (Å²) >= 11 is -2.16. The molecule has 2 aromatic heterocycles. The molecule has 0 aliphatic heterocycles. The zero-order valence-corrected chi connectivity index (χ0v) is 7.24. The van der Waals surface area contributed by atoms with E-state index in [1.165, 1.54) is 12.5 Å². The highest BCUT2D eigenvalue weighted by Crippen LogP contribution is 2.04. The molecule has 1 unspecified atom stereocenters. The molecule has 0 saturated carbocycles. The lowest BCUT2D eigenvalue weighted by molar-refractivity contribution is 0.535. The summed E-state index contributed by atoms with van der Waals surface area (Å²) < 4.78 is 20.7. The molecule has 0 bridgehead atoms. The zero-order valence-electron chi connectivity index (χ0n) is 6.43. The van der Waals surface area contributed by atoms with Gasteiger partial charge in [-0.3, -0.25) is 4.21 Å². The van der Waals surface area contributed by atoms with Crippen LogP contribution in [0.1, 0.15) is 5.82 Å². The summed E-state index contributed by atoms with van der Waals surface area (Å²) in [6.07, 6.45) is 2.99. The fourth-order valence-corrected chi connectivity index (χ4v) is 1.30. The third kappa shape index (κ3) is 1.70. The summed E-state index contributed by atoms with van der Waals surface area (Å²) in [6, 6.07) is 0. The maximum Gasteiger partial charge on any atom is 0.180 e. The van der Waals surface area contributed by atoms with Crippen LogP contribution in [0.2, 0.25) is 0 Å². The van der Waals surface area contributed by atoms with Crippen LogP contribution in [0.4, 0.5) is 0 Å². The van der Waals surface area contributed by atoms with Gasteiger partial charge in [0.15, 0.2) is 5.65 Å². The summed E-state index contributed by atoms with van der Waals surface area (Å²) in [6.45, 7) is 0. The number of aromatic amines is 1. The van der Waals surface area contributed by atoms with E-state index in [1.807, 2.05) is 0 Å². The van der Waals surface area contributed by atoms with Crippen LogP contribution < -0.4 is 0 Å². The van der Waals surface area contributed by atoms with Crippen LogP contribution in [0.25, 0.3) is 11.2 Å². The summed E-state index contributed by atoms with van der Waals surface area (Å²) in [5.74, 6) is 0.0796. The van der Waals surface area contributed by atoms with Crippen LogP contribution >= 0.6 is 0 Å². The second-order valence-corrected chi connectivity index (χ2v) is 3.27. The smallest absolute Gasteiger partial charge is 0.180 e. The van der Waals surface area contributed by atoms with Crippen LogP contribution in [0.15, 0.2) is 12.5 Å². The second kappa shape index (κ2) is 3.19. The van der Waals surface area contributed by atoms with Crippen molar-refractivity contribution in [1.82, 2.24) is 19.9 Å². The first-order valence-corrected chi connectivity index (χ1v) is 4.71. The molecule has 0 saturated heterocycles. The predicted octanol–water partition coefficient (Wildman–Crippen LogP) is -0.268. The van der Waals surface area contributed by atoms with Crippen LogP contribution in [0.5, 0.6) is 0 Å². The van der Waals surface area contributed by atoms with E-state index >= 15 is 0 Å². The highest BCUT2D eigenvalue weighted by Gasteiger charge is 2.00. The van der Waals surface area contributed by atoms with E-state index in [0.29, 0.717) is 11.2 Å². The Morgan fingerprint density at radius 2 is 2.38 bits per heavy atom. The number of hydrogen-bond acceptors (Lipinski definition) is 5. The molecule has 0 aromatic carbocycles. The van der Waals surface area contributed by atoms with Gasteiger partial charge in [0.25, 0.3) is 0 Å². The Kier molecular flexibility index (Phi) is 2.03. The van der Waals surface area contributed by atoms with Gasteiger partial charge in [-0.05, 0) is 11.1 Å². The van der Waals surface area contributed by atoms with E-state index in [-0.39, 0.29) is 11.6 Å². The molecule has 7 heteroatoms. The number of nitrogens with one attached hydrogen (secondary N) is 1. The molecular weight excluding hydrogens is 192 g/mol. The van der Waals surface area contributed by atoms with Crippen LogP contribution in [0.3, 0.4) is 0 Å². The van der Waals surface area contributed by atoms with Crippen molar-refractivity contribution in [1.29, 1.82) is 0 Å². The average molecular weight is 197 g/mol. The molecule has 0 aliphatic carbocycles. The molecule has 2 aromatic rings. The van der Waals surface area contributed by atoms with Gasteiger partial charge < -0.3 is 9.54 Å². The zero-order chi connectivity index (χ0) is 9.26. The quantitative estimate of drug-likeness (QED) is 0.669. The molecular formula is C6H5N4O2S-.